The maximum Gasteiger partial charge on any atom is 0.230 e. The molecule has 94 valence electrons. The number of benzene rings is 1. The highest BCUT2D eigenvalue weighted by molar-refractivity contribution is 14.1. The maximum atomic E-state index is 13.3. The molecule has 0 bridgehead atoms. The lowest BCUT2D eigenvalue weighted by Crippen LogP contribution is -2.30. The molecule has 0 unspecified atom stereocenters. The van der Waals surface area contributed by atoms with Gasteiger partial charge in [-0.05, 0) is 41.1 Å². The second-order valence-electron chi connectivity index (χ2n) is 4.45. The van der Waals surface area contributed by atoms with E-state index in [0.29, 0.717) is 6.42 Å². The number of nitrogens with one attached hydrogen (secondary N) is 1. The smallest absolute Gasteiger partial charge is 0.230 e. The largest absolute Gasteiger partial charge is 0.325 e. The molecule has 0 aromatic heterocycles. The standard InChI is InChI=1S/C12H14F2INO/c1-4-12(2,3)11(17)16-7-5-8(13)10(15)9(14)6-7/h5-6H,4H2,1-3H3,(H,16,17). The molecule has 1 aromatic rings. The number of anilines is 1. The maximum absolute atomic E-state index is 13.3. The van der Waals surface area contributed by atoms with E-state index in [1.165, 1.54) is 0 Å². The molecular weight excluding hydrogens is 339 g/mol. The highest BCUT2D eigenvalue weighted by atomic mass is 127. The summed E-state index contributed by atoms with van der Waals surface area (Å²) in [5.41, 5.74) is -0.414. The Hall–Kier alpha value is -0.720. The van der Waals surface area contributed by atoms with E-state index < -0.39 is 17.0 Å². The number of halogens is 3. The van der Waals surface area contributed by atoms with Crippen LogP contribution in [0.2, 0.25) is 0 Å². The summed E-state index contributed by atoms with van der Waals surface area (Å²) in [5.74, 6) is -1.59. The van der Waals surface area contributed by atoms with Crippen LogP contribution in [0.1, 0.15) is 27.2 Å². The first-order valence-electron chi connectivity index (χ1n) is 5.24. The zero-order chi connectivity index (χ0) is 13.2. The predicted molar refractivity (Wildman–Crippen MR) is 71.8 cm³/mol. The molecule has 0 saturated carbocycles. The monoisotopic (exact) mass is 353 g/mol. The molecule has 1 N–H and O–H groups in total. The molecule has 0 aliphatic rings. The Labute approximate surface area is 113 Å². The normalized spacial score (nSPS) is 11.4. The van der Waals surface area contributed by atoms with E-state index in [4.69, 9.17) is 0 Å². The third kappa shape index (κ3) is 3.37. The van der Waals surface area contributed by atoms with Crippen LogP contribution in [0, 0.1) is 20.6 Å². The van der Waals surface area contributed by atoms with Crippen molar-refractivity contribution in [2.24, 2.45) is 5.41 Å². The molecule has 0 aliphatic heterocycles. The lowest BCUT2D eigenvalue weighted by molar-refractivity contribution is -0.124. The van der Waals surface area contributed by atoms with E-state index in [9.17, 15) is 13.6 Å². The molecule has 0 heterocycles. The molecule has 0 fully saturated rings. The number of hydrogen-bond acceptors (Lipinski definition) is 1. The van der Waals surface area contributed by atoms with Crippen molar-refractivity contribution in [2.75, 3.05) is 5.32 Å². The lowest BCUT2D eigenvalue weighted by atomic mass is 9.89. The summed E-state index contributed by atoms with van der Waals surface area (Å²) in [5, 5.41) is 2.52. The van der Waals surface area contributed by atoms with Crippen LogP contribution in [0.5, 0.6) is 0 Å². The Morgan fingerprint density at radius 3 is 2.24 bits per heavy atom. The summed E-state index contributed by atoms with van der Waals surface area (Å²) in [7, 11) is 0. The Kier molecular flexibility index (Phi) is 4.46. The summed E-state index contributed by atoms with van der Waals surface area (Å²) in [6.45, 7) is 5.44. The molecule has 1 rings (SSSR count). The first-order chi connectivity index (χ1) is 7.77. The van der Waals surface area contributed by atoms with Crippen LogP contribution in [0.15, 0.2) is 12.1 Å². The quantitative estimate of drug-likeness (QED) is 0.647. The number of rotatable bonds is 3. The van der Waals surface area contributed by atoms with Crippen LogP contribution in [0.25, 0.3) is 0 Å². The van der Waals surface area contributed by atoms with Crippen molar-refractivity contribution in [3.05, 3.63) is 27.3 Å². The van der Waals surface area contributed by atoms with Gasteiger partial charge in [0.2, 0.25) is 5.91 Å². The molecule has 2 nitrogen and oxygen atoms in total. The Bertz CT molecular complexity index is 423. The van der Waals surface area contributed by atoms with Gasteiger partial charge in [-0.15, -0.1) is 0 Å². The van der Waals surface area contributed by atoms with Crippen LogP contribution in [-0.2, 0) is 4.79 Å². The molecule has 0 aliphatic carbocycles. The summed E-state index contributed by atoms with van der Waals surface area (Å²) in [6.07, 6.45) is 0.647. The molecule has 17 heavy (non-hydrogen) atoms. The molecular formula is C12H14F2INO. The number of carbonyl (C=O) groups excluding carboxylic acids is 1. The summed E-state index contributed by atoms with van der Waals surface area (Å²) in [4.78, 5) is 11.8. The fourth-order valence-corrected chi connectivity index (χ4v) is 1.40. The number of hydrogen-bond donors (Lipinski definition) is 1. The molecule has 0 saturated heterocycles. The summed E-state index contributed by atoms with van der Waals surface area (Å²) >= 11 is 1.58. The molecule has 5 heteroatoms. The zero-order valence-electron chi connectivity index (χ0n) is 9.90. The summed E-state index contributed by atoms with van der Waals surface area (Å²) < 4.78 is 26.5. The van der Waals surface area contributed by atoms with Crippen molar-refractivity contribution in [2.45, 2.75) is 27.2 Å². The zero-order valence-corrected chi connectivity index (χ0v) is 12.1. The van der Waals surface area contributed by atoms with Gasteiger partial charge in [-0.3, -0.25) is 4.79 Å². The highest BCUT2D eigenvalue weighted by Crippen LogP contribution is 2.24. The first kappa shape index (κ1) is 14.3. The molecule has 0 atom stereocenters. The van der Waals surface area contributed by atoms with E-state index in [1.54, 1.807) is 36.4 Å². The van der Waals surface area contributed by atoms with Gasteiger partial charge in [0.25, 0.3) is 0 Å². The lowest BCUT2D eigenvalue weighted by Gasteiger charge is -2.21. The molecule has 1 amide bonds. The Balaban J connectivity index is 2.94. The fourth-order valence-electron chi connectivity index (χ4n) is 1.09. The minimum atomic E-state index is -0.671. The van der Waals surface area contributed by atoms with Crippen molar-refractivity contribution in [1.29, 1.82) is 0 Å². The van der Waals surface area contributed by atoms with Gasteiger partial charge in [0.1, 0.15) is 11.6 Å². The molecule has 0 radical (unpaired) electrons. The topological polar surface area (TPSA) is 29.1 Å². The van der Waals surface area contributed by atoms with Gasteiger partial charge in [-0.2, -0.15) is 0 Å². The predicted octanol–water partition coefficient (Wildman–Crippen LogP) is 3.94. The summed E-state index contributed by atoms with van der Waals surface area (Å²) in [6, 6.07) is 2.24. The molecule has 1 aromatic carbocycles. The van der Waals surface area contributed by atoms with E-state index in [1.807, 2.05) is 6.92 Å². The number of amides is 1. The van der Waals surface area contributed by atoms with Crippen LogP contribution in [-0.4, -0.2) is 5.91 Å². The fraction of sp³-hybridized carbons (Fsp3) is 0.417. The van der Waals surface area contributed by atoms with Gasteiger partial charge in [-0.25, -0.2) is 8.78 Å². The second kappa shape index (κ2) is 5.29. The van der Waals surface area contributed by atoms with Gasteiger partial charge in [0, 0.05) is 11.1 Å². The van der Waals surface area contributed by atoms with E-state index in [0.717, 1.165) is 12.1 Å². The van der Waals surface area contributed by atoms with Crippen LogP contribution < -0.4 is 5.32 Å². The van der Waals surface area contributed by atoms with E-state index >= 15 is 0 Å². The van der Waals surface area contributed by atoms with E-state index in [2.05, 4.69) is 5.32 Å². The van der Waals surface area contributed by atoms with Crippen LogP contribution in [0.4, 0.5) is 14.5 Å². The van der Waals surface area contributed by atoms with Crippen molar-refractivity contribution in [1.82, 2.24) is 0 Å². The Morgan fingerprint density at radius 1 is 1.35 bits per heavy atom. The minimum absolute atomic E-state index is 0.0737. The van der Waals surface area contributed by atoms with Crippen molar-refractivity contribution in [3.63, 3.8) is 0 Å². The van der Waals surface area contributed by atoms with Crippen molar-refractivity contribution < 1.29 is 13.6 Å². The molecule has 0 spiro atoms. The van der Waals surface area contributed by atoms with Gasteiger partial charge in [0.15, 0.2) is 0 Å². The van der Waals surface area contributed by atoms with E-state index in [-0.39, 0.29) is 15.2 Å². The average molecular weight is 353 g/mol. The Morgan fingerprint density at radius 2 is 1.82 bits per heavy atom. The van der Waals surface area contributed by atoms with Gasteiger partial charge < -0.3 is 5.32 Å². The number of carbonyl (C=O) groups is 1. The van der Waals surface area contributed by atoms with Gasteiger partial charge in [0.05, 0.1) is 3.57 Å². The van der Waals surface area contributed by atoms with Crippen LogP contribution in [0.3, 0.4) is 0 Å². The minimum Gasteiger partial charge on any atom is -0.325 e. The third-order valence-electron chi connectivity index (χ3n) is 2.74. The SMILES string of the molecule is CCC(C)(C)C(=O)Nc1cc(F)c(I)c(F)c1. The first-order valence-corrected chi connectivity index (χ1v) is 6.32. The second-order valence-corrected chi connectivity index (χ2v) is 5.52. The van der Waals surface area contributed by atoms with Crippen molar-refractivity contribution >= 4 is 34.2 Å². The highest BCUT2D eigenvalue weighted by Gasteiger charge is 2.25. The van der Waals surface area contributed by atoms with Gasteiger partial charge >= 0.3 is 0 Å². The van der Waals surface area contributed by atoms with Crippen LogP contribution >= 0.6 is 22.6 Å². The van der Waals surface area contributed by atoms with Gasteiger partial charge in [-0.1, -0.05) is 20.8 Å². The van der Waals surface area contributed by atoms with Crippen molar-refractivity contribution in [3.8, 4) is 0 Å². The third-order valence-corrected chi connectivity index (χ3v) is 3.77. The average Bonchev–Trinajstić information content (AvgIpc) is 2.25.